The van der Waals surface area contributed by atoms with E-state index in [2.05, 4.69) is 15.9 Å². The van der Waals surface area contributed by atoms with Gasteiger partial charge in [0.15, 0.2) is 5.43 Å². The van der Waals surface area contributed by atoms with Crippen molar-refractivity contribution in [1.29, 1.82) is 0 Å². The van der Waals surface area contributed by atoms with E-state index in [0.717, 1.165) is 21.3 Å². The van der Waals surface area contributed by atoms with Gasteiger partial charge in [-0.2, -0.15) is 0 Å². The van der Waals surface area contributed by atoms with Gasteiger partial charge in [-0.05, 0) is 47.5 Å². The Balaban J connectivity index is 1.58. The minimum atomic E-state index is -0.0646. The molecule has 0 aliphatic carbocycles. The van der Waals surface area contributed by atoms with Crippen molar-refractivity contribution in [3.05, 3.63) is 93.3 Å². The Kier molecular flexibility index (Phi) is 5.17. The number of rotatable bonds is 5. The molecule has 0 unspecified atom stereocenters. The van der Waals surface area contributed by atoms with Crippen molar-refractivity contribution < 1.29 is 13.9 Å². The first-order valence-electron chi connectivity index (χ1n) is 8.71. The number of benzene rings is 3. The second-order valence-electron chi connectivity index (χ2n) is 6.28. The minimum Gasteiger partial charge on any atom is -0.497 e. The summed E-state index contributed by atoms with van der Waals surface area (Å²) >= 11 is 3.40. The zero-order chi connectivity index (χ0) is 19.5. The number of fused-ring (bicyclic) bond motifs is 1. The third-order valence-corrected chi connectivity index (χ3v) is 4.99. The predicted octanol–water partition coefficient (Wildman–Crippen LogP) is 5.81. The Labute approximate surface area is 170 Å². The lowest BCUT2D eigenvalue weighted by Gasteiger charge is -2.08. The van der Waals surface area contributed by atoms with Gasteiger partial charge in [0.1, 0.15) is 30.0 Å². The lowest BCUT2D eigenvalue weighted by molar-refractivity contribution is 0.306. The molecule has 0 bridgehead atoms. The van der Waals surface area contributed by atoms with Crippen LogP contribution in [0.25, 0.3) is 22.1 Å². The van der Waals surface area contributed by atoms with Crippen LogP contribution in [0.5, 0.6) is 11.5 Å². The van der Waals surface area contributed by atoms with Crippen LogP contribution in [-0.4, -0.2) is 7.11 Å². The second kappa shape index (κ2) is 7.90. The fourth-order valence-electron chi connectivity index (χ4n) is 2.92. The summed E-state index contributed by atoms with van der Waals surface area (Å²) in [5, 5.41) is 0.525. The highest BCUT2D eigenvalue weighted by atomic mass is 79.9. The zero-order valence-electron chi connectivity index (χ0n) is 15.1. The molecule has 3 aromatic carbocycles. The van der Waals surface area contributed by atoms with Crippen molar-refractivity contribution in [3.63, 3.8) is 0 Å². The summed E-state index contributed by atoms with van der Waals surface area (Å²) in [4.78, 5) is 12.8. The molecule has 1 aromatic heterocycles. The molecular formula is C23H17BrO4. The van der Waals surface area contributed by atoms with Gasteiger partial charge in [-0.3, -0.25) is 4.79 Å². The van der Waals surface area contributed by atoms with E-state index in [0.29, 0.717) is 28.9 Å². The summed E-state index contributed by atoms with van der Waals surface area (Å²) < 4.78 is 17.7. The normalized spacial score (nSPS) is 10.8. The van der Waals surface area contributed by atoms with E-state index in [-0.39, 0.29) is 5.43 Å². The third kappa shape index (κ3) is 3.80. The fraction of sp³-hybridized carbons (Fsp3) is 0.0870. The smallest absolute Gasteiger partial charge is 0.200 e. The van der Waals surface area contributed by atoms with E-state index >= 15 is 0 Å². The average molecular weight is 437 g/mol. The maximum atomic E-state index is 12.8. The molecule has 5 heteroatoms. The molecule has 0 radical (unpaired) electrons. The molecule has 4 nitrogen and oxygen atoms in total. The van der Waals surface area contributed by atoms with Crippen molar-refractivity contribution in [1.82, 2.24) is 0 Å². The number of halogens is 1. The molecule has 4 rings (SSSR count). The summed E-state index contributed by atoms with van der Waals surface area (Å²) in [6, 6.07) is 20.5. The minimum absolute atomic E-state index is 0.0646. The van der Waals surface area contributed by atoms with Gasteiger partial charge < -0.3 is 13.9 Å². The van der Waals surface area contributed by atoms with Gasteiger partial charge >= 0.3 is 0 Å². The van der Waals surface area contributed by atoms with Crippen molar-refractivity contribution >= 4 is 26.9 Å². The molecule has 0 spiro atoms. The quantitative estimate of drug-likeness (QED) is 0.396. The molecule has 0 atom stereocenters. The van der Waals surface area contributed by atoms with Crippen LogP contribution < -0.4 is 14.9 Å². The van der Waals surface area contributed by atoms with E-state index in [1.165, 1.54) is 6.26 Å². The van der Waals surface area contributed by atoms with E-state index in [1.807, 2.05) is 48.5 Å². The van der Waals surface area contributed by atoms with Crippen LogP contribution in [-0.2, 0) is 6.61 Å². The highest BCUT2D eigenvalue weighted by Gasteiger charge is 2.10. The number of methoxy groups -OCH3 is 1. The van der Waals surface area contributed by atoms with Crippen LogP contribution in [0, 0.1) is 0 Å². The summed E-state index contributed by atoms with van der Waals surface area (Å²) in [6.07, 6.45) is 1.50. The topological polar surface area (TPSA) is 48.7 Å². The van der Waals surface area contributed by atoms with Crippen molar-refractivity contribution in [2.45, 2.75) is 6.61 Å². The van der Waals surface area contributed by atoms with E-state index < -0.39 is 0 Å². The van der Waals surface area contributed by atoms with E-state index in [4.69, 9.17) is 13.9 Å². The van der Waals surface area contributed by atoms with Crippen molar-refractivity contribution in [2.75, 3.05) is 7.11 Å². The molecule has 0 saturated heterocycles. The molecule has 1 heterocycles. The number of ether oxygens (including phenoxy) is 2. The van der Waals surface area contributed by atoms with Gasteiger partial charge in [-0.1, -0.05) is 40.2 Å². The second-order valence-corrected chi connectivity index (χ2v) is 7.20. The van der Waals surface area contributed by atoms with Crippen LogP contribution in [0.4, 0.5) is 0 Å². The molecule has 140 valence electrons. The predicted molar refractivity (Wildman–Crippen MR) is 113 cm³/mol. The summed E-state index contributed by atoms with van der Waals surface area (Å²) in [5.41, 5.74) is 2.81. The Hall–Kier alpha value is -3.05. The van der Waals surface area contributed by atoms with Gasteiger partial charge in [-0.25, -0.2) is 0 Å². The van der Waals surface area contributed by atoms with Crippen LogP contribution in [0.2, 0.25) is 0 Å². The van der Waals surface area contributed by atoms with Crippen LogP contribution in [0.15, 0.2) is 86.7 Å². The van der Waals surface area contributed by atoms with Crippen molar-refractivity contribution in [2.24, 2.45) is 0 Å². The lowest BCUT2D eigenvalue weighted by Crippen LogP contribution is -2.05. The van der Waals surface area contributed by atoms with E-state index in [1.54, 1.807) is 25.3 Å². The first-order valence-corrected chi connectivity index (χ1v) is 9.50. The molecule has 28 heavy (non-hydrogen) atoms. The first kappa shape index (κ1) is 18.3. The highest BCUT2D eigenvalue weighted by Crippen LogP contribution is 2.25. The van der Waals surface area contributed by atoms with Gasteiger partial charge in [0.05, 0.1) is 18.1 Å². The maximum absolute atomic E-state index is 12.8. The largest absolute Gasteiger partial charge is 0.497 e. The maximum Gasteiger partial charge on any atom is 0.200 e. The summed E-state index contributed by atoms with van der Waals surface area (Å²) in [7, 11) is 1.64. The zero-order valence-corrected chi connectivity index (χ0v) is 16.7. The van der Waals surface area contributed by atoms with Crippen molar-refractivity contribution in [3.8, 4) is 22.6 Å². The SMILES string of the molecule is COc1ccc(COc2ccc3c(=O)c(-c4ccc(Br)cc4)coc3c2)cc1. The van der Waals surface area contributed by atoms with Crippen LogP contribution >= 0.6 is 15.9 Å². The Bertz CT molecular complexity index is 1160. The fourth-order valence-corrected chi connectivity index (χ4v) is 3.18. The number of hydrogen-bond donors (Lipinski definition) is 0. The third-order valence-electron chi connectivity index (χ3n) is 4.47. The van der Waals surface area contributed by atoms with Gasteiger partial charge in [0.2, 0.25) is 0 Å². The van der Waals surface area contributed by atoms with E-state index in [9.17, 15) is 4.79 Å². The average Bonchev–Trinajstić information content (AvgIpc) is 2.74. The molecule has 0 amide bonds. The Morgan fingerprint density at radius 1 is 0.929 bits per heavy atom. The molecule has 0 saturated carbocycles. The molecular weight excluding hydrogens is 420 g/mol. The summed E-state index contributed by atoms with van der Waals surface area (Å²) in [6.45, 7) is 0.413. The Morgan fingerprint density at radius 2 is 1.64 bits per heavy atom. The molecule has 0 aliphatic heterocycles. The van der Waals surface area contributed by atoms with Gasteiger partial charge in [0, 0.05) is 10.5 Å². The van der Waals surface area contributed by atoms with Crippen LogP contribution in [0.1, 0.15) is 5.56 Å². The monoisotopic (exact) mass is 436 g/mol. The first-order chi connectivity index (χ1) is 13.6. The standard InChI is InChI=1S/C23H17BrO4/c1-26-18-8-2-15(3-9-18)13-27-19-10-11-20-22(12-19)28-14-21(23(20)25)16-4-6-17(24)7-5-16/h2-12,14H,13H2,1H3. The van der Waals surface area contributed by atoms with Crippen LogP contribution in [0.3, 0.4) is 0 Å². The molecule has 0 fully saturated rings. The van der Waals surface area contributed by atoms with Gasteiger partial charge in [-0.15, -0.1) is 0 Å². The number of hydrogen-bond acceptors (Lipinski definition) is 4. The van der Waals surface area contributed by atoms with Gasteiger partial charge in [0.25, 0.3) is 0 Å². The molecule has 0 aliphatic rings. The highest BCUT2D eigenvalue weighted by molar-refractivity contribution is 9.10. The summed E-state index contributed by atoms with van der Waals surface area (Å²) in [5.74, 6) is 1.45. The lowest BCUT2D eigenvalue weighted by atomic mass is 10.1. The molecule has 4 aromatic rings. The Morgan fingerprint density at radius 3 is 2.36 bits per heavy atom. The molecule has 0 N–H and O–H groups in total.